The van der Waals surface area contributed by atoms with Crippen molar-refractivity contribution in [3.63, 3.8) is 0 Å². The van der Waals surface area contributed by atoms with Crippen LogP contribution in [-0.2, 0) is 9.59 Å². The van der Waals surface area contributed by atoms with Crippen molar-refractivity contribution in [2.75, 3.05) is 0 Å². The van der Waals surface area contributed by atoms with E-state index in [1.165, 1.54) is 6.08 Å². The molecule has 0 unspecified atom stereocenters. The number of allylic oxidation sites excluding steroid dienone is 2. The minimum absolute atomic E-state index is 0.00588. The highest BCUT2D eigenvalue weighted by Gasteiger charge is 2.01. The molecule has 4 heteroatoms. The Morgan fingerprint density at radius 1 is 1.60 bits per heavy atom. The third kappa shape index (κ3) is 3.54. The number of carbonyl (C=O) groups excluding carboxylic acids is 1. The summed E-state index contributed by atoms with van der Waals surface area (Å²) in [6, 6.07) is 0. The third-order valence-corrected chi connectivity index (χ3v) is 0.795. The van der Waals surface area contributed by atoms with E-state index in [2.05, 4.69) is 0 Å². The molecule has 0 heterocycles. The smallest absolute Gasteiger partial charge is 0.349 e. The first kappa shape index (κ1) is 8.55. The Morgan fingerprint density at radius 2 is 2.20 bits per heavy atom. The minimum atomic E-state index is -1.25. The van der Waals surface area contributed by atoms with Crippen LogP contribution in [0, 0.1) is 5.41 Å². The van der Waals surface area contributed by atoms with E-state index in [0.29, 0.717) is 6.29 Å². The van der Waals surface area contributed by atoms with E-state index < -0.39 is 11.7 Å². The van der Waals surface area contributed by atoms with E-state index in [1.807, 2.05) is 0 Å². The van der Waals surface area contributed by atoms with Gasteiger partial charge in [0.25, 0.3) is 0 Å². The molecule has 0 aromatic heterocycles. The highest BCUT2D eigenvalue weighted by atomic mass is 16.4. The molecule has 0 aromatic rings. The van der Waals surface area contributed by atoms with Crippen molar-refractivity contribution in [2.45, 2.75) is 6.42 Å². The molecule has 54 valence electrons. The maximum Gasteiger partial charge on any atom is 0.349 e. The van der Waals surface area contributed by atoms with Crippen LogP contribution in [-0.4, -0.2) is 23.1 Å². The lowest BCUT2D eigenvalue weighted by atomic mass is 10.2. The molecule has 0 fully saturated rings. The molecule has 0 aliphatic rings. The molecule has 0 aromatic carbocycles. The van der Waals surface area contributed by atoms with Crippen LogP contribution in [0.2, 0.25) is 0 Å². The quantitative estimate of drug-likeness (QED) is 0.334. The van der Waals surface area contributed by atoms with Crippen LogP contribution >= 0.6 is 0 Å². The summed E-state index contributed by atoms with van der Waals surface area (Å²) in [5.74, 6) is -1.25. The van der Waals surface area contributed by atoms with Crippen molar-refractivity contribution in [3.8, 4) is 0 Å². The van der Waals surface area contributed by atoms with E-state index in [9.17, 15) is 9.59 Å². The Hall–Kier alpha value is -1.45. The molecule has 0 aliphatic carbocycles. The number of carboxylic acid groups (broad SMARTS) is 1. The Balaban J connectivity index is 3.70. The molecule has 0 amide bonds. The molecular weight excluding hydrogens is 134 g/mol. The van der Waals surface area contributed by atoms with Gasteiger partial charge in [0, 0.05) is 6.42 Å². The van der Waals surface area contributed by atoms with E-state index in [-0.39, 0.29) is 6.42 Å². The molecule has 0 rings (SSSR count). The van der Waals surface area contributed by atoms with Gasteiger partial charge in [0.1, 0.15) is 12.0 Å². The van der Waals surface area contributed by atoms with Gasteiger partial charge in [-0.05, 0) is 6.08 Å². The lowest BCUT2D eigenvalue weighted by molar-refractivity contribution is -0.129. The van der Waals surface area contributed by atoms with E-state index in [0.717, 1.165) is 6.08 Å². The van der Waals surface area contributed by atoms with Crippen molar-refractivity contribution in [1.29, 1.82) is 5.41 Å². The number of aldehydes is 1. The van der Waals surface area contributed by atoms with Gasteiger partial charge in [-0.3, -0.25) is 10.2 Å². The summed E-state index contributed by atoms with van der Waals surface area (Å²) in [4.78, 5) is 19.6. The van der Waals surface area contributed by atoms with Crippen LogP contribution < -0.4 is 0 Å². The number of hydrogen-bond acceptors (Lipinski definition) is 3. The van der Waals surface area contributed by atoms with Crippen LogP contribution in [0.25, 0.3) is 0 Å². The van der Waals surface area contributed by atoms with Gasteiger partial charge in [0.15, 0.2) is 0 Å². The summed E-state index contributed by atoms with van der Waals surface area (Å²) in [7, 11) is 0. The van der Waals surface area contributed by atoms with Crippen LogP contribution in [0.5, 0.6) is 0 Å². The van der Waals surface area contributed by atoms with Gasteiger partial charge < -0.3 is 5.11 Å². The molecule has 4 nitrogen and oxygen atoms in total. The summed E-state index contributed by atoms with van der Waals surface area (Å²) < 4.78 is 0. The average molecular weight is 141 g/mol. The Labute approximate surface area is 57.7 Å². The summed E-state index contributed by atoms with van der Waals surface area (Å²) in [6.07, 6.45) is 3.02. The van der Waals surface area contributed by atoms with Crippen molar-refractivity contribution in [1.82, 2.24) is 0 Å². The fourth-order valence-electron chi connectivity index (χ4n) is 0.329. The number of carbonyl (C=O) groups is 2. The van der Waals surface area contributed by atoms with Crippen molar-refractivity contribution in [2.24, 2.45) is 0 Å². The Kier molecular flexibility index (Phi) is 3.79. The molecule has 0 aliphatic heterocycles. The number of hydrogen-bond donors (Lipinski definition) is 2. The Bertz CT molecular complexity index is 183. The number of rotatable bonds is 4. The van der Waals surface area contributed by atoms with Crippen molar-refractivity contribution in [3.05, 3.63) is 12.2 Å². The molecule has 0 bridgehead atoms. The molecule has 0 spiro atoms. The van der Waals surface area contributed by atoms with Gasteiger partial charge in [0.05, 0.1) is 0 Å². The molecule has 0 saturated heterocycles. The second-order valence-corrected chi connectivity index (χ2v) is 1.55. The number of aliphatic carboxylic acids is 1. The topological polar surface area (TPSA) is 78.2 Å². The average Bonchev–Trinajstić information content (AvgIpc) is 1.88. The molecule has 2 N–H and O–H groups in total. The predicted octanol–water partition coefficient (Wildman–Crippen LogP) is 0.236. The molecular formula is C6H7NO3. The van der Waals surface area contributed by atoms with Crippen LogP contribution in [0.15, 0.2) is 12.2 Å². The van der Waals surface area contributed by atoms with Gasteiger partial charge in [-0.25, -0.2) is 4.79 Å². The van der Waals surface area contributed by atoms with Gasteiger partial charge >= 0.3 is 5.97 Å². The zero-order valence-electron chi connectivity index (χ0n) is 5.20. The molecule has 0 atom stereocenters. The zero-order valence-corrected chi connectivity index (χ0v) is 5.20. The van der Waals surface area contributed by atoms with E-state index in [1.54, 1.807) is 0 Å². The lowest BCUT2D eigenvalue weighted by Crippen LogP contribution is -2.09. The van der Waals surface area contributed by atoms with E-state index >= 15 is 0 Å². The molecule has 0 saturated carbocycles. The van der Waals surface area contributed by atoms with Crippen molar-refractivity contribution < 1.29 is 14.7 Å². The SMILES string of the molecule is N=C(CC=CC=O)C(=O)O. The highest BCUT2D eigenvalue weighted by Crippen LogP contribution is 1.84. The number of carboxylic acids is 1. The maximum absolute atomic E-state index is 9.95. The first-order valence-electron chi connectivity index (χ1n) is 2.59. The van der Waals surface area contributed by atoms with Crippen LogP contribution in [0.1, 0.15) is 6.42 Å². The summed E-state index contributed by atoms with van der Waals surface area (Å²) >= 11 is 0. The fraction of sp³-hybridized carbons (Fsp3) is 0.167. The summed E-state index contributed by atoms with van der Waals surface area (Å²) in [6.45, 7) is 0. The maximum atomic E-state index is 9.95. The fourth-order valence-corrected chi connectivity index (χ4v) is 0.329. The first-order chi connectivity index (χ1) is 4.68. The van der Waals surface area contributed by atoms with Gasteiger partial charge in [-0.1, -0.05) is 6.08 Å². The monoisotopic (exact) mass is 141 g/mol. The second-order valence-electron chi connectivity index (χ2n) is 1.55. The number of nitrogens with one attached hydrogen (secondary N) is 1. The van der Waals surface area contributed by atoms with Gasteiger partial charge in [-0.15, -0.1) is 0 Å². The Morgan fingerprint density at radius 3 is 2.60 bits per heavy atom. The highest BCUT2D eigenvalue weighted by molar-refractivity contribution is 6.34. The predicted molar refractivity (Wildman–Crippen MR) is 35.2 cm³/mol. The normalized spacial score (nSPS) is 9.60. The van der Waals surface area contributed by atoms with Crippen LogP contribution in [0.3, 0.4) is 0 Å². The summed E-state index contributed by atoms with van der Waals surface area (Å²) in [5.41, 5.74) is -0.418. The van der Waals surface area contributed by atoms with Gasteiger partial charge in [0.2, 0.25) is 0 Å². The standard InChI is InChI=1S/C6H7NO3/c7-5(6(9)10)3-1-2-4-8/h1-2,4,7H,3H2,(H,9,10). The largest absolute Gasteiger partial charge is 0.477 e. The zero-order chi connectivity index (χ0) is 7.98. The minimum Gasteiger partial charge on any atom is -0.477 e. The van der Waals surface area contributed by atoms with Crippen molar-refractivity contribution >= 4 is 18.0 Å². The molecule has 0 radical (unpaired) electrons. The first-order valence-corrected chi connectivity index (χ1v) is 2.59. The second kappa shape index (κ2) is 4.43. The third-order valence-electron chi connectivity index (χ3n) is 0.795. The van der Waals surface area contributed by atoms with Crippen LogP contribution in [0.4, 0.5) is 0 Å². The van der Waals surface area contributed by atoms with E-state index in [4.69, 9.17) is 10.5 Å². The van der Waals surface area contributed by atoms with Gasteiger partial charge in [-0.2, -0.15) is 0 Å². The molecule has 10 heavy (non-hydrogen) atoms. The summed E-state index contributed by atoms with van der Waals surface area (Å²) in [5, 5.41) is 14.9. The lowest BCUT2D eigenvalue weighted by Gasteiger charge is -1.87.